The van der Waals surface area contributed by atoms with Crippen LogP contribution < -0.4 is 5.73 Å². The van der Waals surface area contributed by atoms with Gasteiger partial charge in [-0.15, -0.1) is 0 Å². The van der Waals surface area contributed by atoms with E-state index < -0.39 is 0 Å². The summed E-state index contributed by atoms with van der Waals surface area (Å²) in [4.78, 5) is 2.39. The van der Waals surface area contributed by atoms with Crippen LogP contribution in [0.2, 0.25) is 0 Å². The Balaban J connectivity index is 2.30. The van der Waals surface area contributed by atoms with Crippen LogP contribution in [0.15, 0.2) is 55.1 Å². The average Bonchev–Trinajstić information content (AvgIpc) is 2.29. The van der Waals surface area contributed by atoms with E-state index in [-0.39, 0.29) is 0 Å². The zero-order valence-electron chi connectivity index (χ0n) is 9.21. The molecule has 2 aromatic rings. The van der Waals surface area contributed by atoms with E-state index in [0.717, 1.165) is 20.2 Å². The third kappa shape index (κ3) is 3.27. The number of halogens is 2. The highest BCUT2D eigenvalue weighted by molar-refractivity contribution is 9.10. The lowest BCUT2D eigenvalue weighted by Crippen LogP contribution is -1.90. The van der Waals surface area contributed by atoms with Gasteiger partial charge in [-0.05, 0) is 64.8 Å². The normalized spacial score (nSPS) is 10.5. The zero-order chi connectivity index (χ0) is 12.4. The fraction of sp³-hybridized carbons (Fsp3) is 0.0769. The molecule has 0 saturated heterocycles. The Bertz CT molecular complexity index is 538. The number of nitrogens with two attached hydrogens (primary N) is 1. The third-order valence-electron chi connectivity index (χ3n) is 2.36. The summed E-state index contributed by atoms with van der Waals surface area (Å²) in [6, 6.07) is 12.3. The molecule has 0 fully saturated rings. The molecule has 17 heavy (non-hydrogen) atoms. The second-order valence-corrected chi connectivity index (χ2v) is 6.58. The minimum atomic E-state index is 0.817. The van der Waals surface area contributed by atoms with E-state index >= 15 is 0 Å². The molecule has 88 valence electrons. The van der Waals surface area contributed by atoms with Crippen molar-refractivity contribution < 1.29 is 0 Å². The Kier molecular flexibility index (Phi) is 4.17. The summed E-state index contributed by atoms with van der Waals surface area (Å²) < 4.78 is 2.13. The van der Waals surface area contributed by atoms with Gasteiger partial charge in [0.05, 0.1) is 0 Å². The SMILES string of the molecule is Cc1cc(Sc2ccc(Br)cc2)c(Br)cc1N. The second-order valence-electron chi connectivity index (χ2n) is 3.70. The van der Waals surface area contributed by atoms with Gasteiger partial charge in [0, 0.05) is 24.4 Å². The van der Waals surface area contributed by atoms with Gasteiger partial charge in [-0.3, -0.25) is 0 Å². The van der Waals surface area contributed by atoms with Crippen molar-refractivity contribution in [2.45, 2.75) is 16.7 Å². The fourth-order valence-corrected chi connectivity index (χ4v) is 3.16. The number of nitrogen functional groups attached to an aromatic ring is 1. The van der Waals surface area contributed by atoms with Gasteiger partial charge in [-0.2, -0.15) is 0 Å². The maximum Gasteiger partial charge on any atom is 0.0355 e. The first-order valence-corrected chi connectivity index (χ1v) is 7.45. The van der Waals surface area contributed by atoms with Crippen LogP contribution in [-0.4, -0.2) is 0 Å². The lowest BCUT2D eigenvalue weighted by Gasteiger charge is -2.08. The predicted molar refractivity (Wildman–Crippen MR) is 81.6 cm³/mol. The first-order chi connectivity index (χ1) is 8.06. The van der Waals surface area contributed by atoms with Gasteiger partial charge >= 0.3 is 0 Å². The minimum Gasteiger partial charge on any atom is -0.398 e. The maximum absolute atomic E-state index is 5.86. The quantitative estimate of drug-likeness (QED) is 0.728. The Morgan fingerprint density at radius 2 is 1.71 bits per heavy atom. The number of hydrogen-bond acceptors (Lipinski definition) is 2. The Morgan fingerprint density at radius 1 is 1.06 bits per heavy atom. The van der Waals surface area contributed by atoms with Crippen LogP contribution in [0.4, 0.5) is 5.69 Å². The molecule has 0 bridgehead atoms. The van der Waals surface area contributed by atoms with Crippen molar-refractivity contribution >= 4 is 49.3 Å². The van der Waals surface area contributed by atoms with E-state index in [4.69, 9.17) is 5.73 Å². The fourth-order valence-electron chi connectivity index (χ4n) is 1.38. The summed E-state index contributed by atoms with van der Waals surface area (Å²) in [6.07, 6.45) is 0. The van der Waals surface area contributed by atoms with Crippen molar-refractivity contribution in [3.8, 4) is 0 Å². The van der Waals surface area contributed by atoms with Crippen LogP contribution in [0, 0.1) is 6.92 Å². The van der Waals surface area contributed by atoms with Gasteiger partial charge < -0.3 is 5.73 Å². The molecule has 0 radical (unpaired) electrons. The lowest BCUT2D eigenvalue weighted by atomic mass is 10.2. The summed E-state index contributed by atoms with van der Waals surface area (Å²) in [6.45, 7) is 2.02. The highest BCUT2D eigenvalue weighted by atomic mass is 79.9. The van der Waals surface area contributed by atoms with Crippen LogP contribution in [-0.2, 0) is 0 Å². The number of aryl methyl sites for hydroxylation is 1. The number of hydrogen-bond donors (Lipinski definition) is 1. The topological polar surface area (TPSA) is 26.0 Å². The number of anilines is 1. The number of rotatable bonds is 2. The predicted octanol–water partition coefficient (Wildman–Crippen LogP) is 5.25. The highest BCUT2D eigenvalue weighted by Crippen LogP contribution is 2.36. The van der Waals surface area contributed by atoms with E-state index in [9.17, 15) is 0 Å². The molecule has 0 spiro atoms. The summed E-state index contributed by atoms with van der Waals surface area (Å²) in [5.74, 6) is 0. The van der Waals surface area contributed by atoms with Crippen molar-refractivity contribution in [2.24, 2.45) is 0 Å². The molecule has 0 atom stereocenters. The molecular weight excluding hydrogens is 362 g/mol. The standard InChI is InChI=1S/C13H11Br2NS/c1-8-6-13(11(15)7-12(8)16)17-10-4-2-9(14)3-5-10/h2-7H,16H2,1H3. The Labute approximate surface area is 122 Å². The largest absolute Gasteiger partial charge is 0.398 e. The van der Waals surface area contributed by atoms with Gasteiger partial charge in [-0.25, -0.2) is 0 Å². The van der Waals surface area contributed by atoms with Crippen molar-refractivity contribution in [1.82, 2.24) is 0 Å². The Morgan fingerprint density at radius 3 is 2.35 bits per heavy atom. The molecule has 0 aliphatic heterocycles. The molecule has 0 aliphatic rings. The van der Waals surface area contributed by atoms with Crippen LogP contribution in [0.3, 0.4) is 0 Å². The van der Waals surface area contributed by atoms with Gasteiger partial charge in [0.15, 0.2) is 0 Å². The van der Waals surface area contributed by atoms with E-state index in [1.54, 1.807) is 11.8 Å². The van der Waals surface area contributed by atoms with Crippen LogP contribution in [0.5, 0.6) is 0 Å². The summed E-state index contributed by atoms with van der Waals surface area (Å²) >= 11 is 8.70. The molecule has 0 heterocycles. The lowest BCUT2D eigenvalue weighted by molar-refractivity contribution is 1.32. The summed E-state index contributed by atoms with van der Waals surface area (Å²) in [5, 5.41) is 0. The molecule has 2 N–H and O–H groups in total. The molecule has 2 rings (SSSR count). The van der Waals surface area contributed by atoms with Crippen molar-refractivity contribution in [3.05, 3.63) is 50.9 Å². The first-order valence-electron chi connectivity index (χ1n) is 5.05. The van der Waals surface area contributed by atoms with Crippen LogP contribution in [0.1, 0.15) is 5.56 Å². The van der Waals surface area contributed by atoms with Gasteiger partial charge in [-0.1, -0.05) is 27.7 Å². The van der Waals surface area contributed by atoms with Crippen molar-refractivity contribution in [1.29, 1.82) is 0 Å². The summed E-state index contributed by atoms with van der Waals surface area (Å²) in [5.41, 5.74) is 7.78. The average molecular weight is 373 g/mol. The van der Waals surface area contributed by atoms with E-state index in [1.165, 1.54) is 9.79 Å². The van der Waals surface area contributed by atoms with Gasteiger partial charge in [0.1, 0.15) is 0 Å². The molecule has 1 nitrogen and oxygen atoms in total. The van der Waals surface area contributed by atoms with E-state index in [0.29, 0.717) is 0 Å². The van der Waals surface area contributed by atoms with Crippen LogP contribution >= 0.6 is 43.6 Å². The first kappa shape index (κ1) is 13.0. The Hall–Kier alpha value is -0.450. The monoisotopic (exact) mass is 371 g/mol. The molecular formula is C13H11Br2NS. The van der Waals surface area contributed by atoms with E-state index in [2.05, 4.69) is 50.1 Å². The van der Waals surface area contributed by atoms with Gasteiger partial charge in [0.2, 0.25) is 0 Å². The zero-order valence-corrected chi connectivity index (χ0v) is 13.2. The molecule has 2 aromatic carbocycles. The smallest absolute Gasteiger partial charge is 0.0355 e. The van der Waals surface area contributed by atoms with Crippen molar-refractivity contribution in [2.75, 3.05) is 5.73 Å². The van der Waals surface area contributed by atoms with Crippen LogP contribution in [0.25, 0.3) is 0 Å². The van der Waals surface area contributed by atoms with E-state index in [1.807, 2.05) is 25.1 Å². The molecule has 4 heteroatoms. The third-order valence-corrected chi connectivity index (χ3v) is 4.87. The molecule has 0 amide bonds. The summed E-state index contributed by atoms with van der Waals surface area (Å²) in [7, 11) is 0. The number of benzene rings is 2. The molecule has 0 aliphatic carbocycles. The van der Waals surface area contributed by atoms with Crippen molar-refractivity contribution in [3.63, 3.8) is 0 Å². The molecule has 0 aromatic heterocycles. The molecule has 0 unspecified atom stereocenters. The maximum atomic E-state index is 5.86. The highest BCUT2D eigenvalue weighted by Gasteiger charge is 2.05. The van der Waals surface area contributed by atoms with Gasteiger partial charge in [0.25, 0.3) is 0 Å². The minimum absolute atomic E-state index is 0.817. The molecule has 0 saturated carbocycles. The second kappa shape index (κ2) is 5.46.